The summed E-state index contributed by atoms with van der Waals surface area (Å²) in [4.78, 5) is 20.0. The molecule has 3 aromatic rings. The van der Waals surface area contributed by atoms with Crippen molar-refractivity contribution >= 4 is 28.8 Å². The van der Waals surface area contributed by atoms with E-state index in [4.69, 9.17) is 21.3 Å². The maximum atomic E-state index is 12.4. The van der Waals surface area contributed by atoms with Gasteiger partial charge in [-0.3, -0.25) is 4.79 Å². The van der Waals surface area contributed by atoms with E-state index in [1.165, 1.54) is 22.5 Å². The number of fused-ring (bicyclic) bond motifs is 1. The minimum atomic E-state index is -0.150. The summed E-state index contributed by atoms with van der Waals surface area (Å²) in [6.07, 6.45) is 3.04. The van der Waals surface area contributed by atoms with E-state index < -0.39 is 0 Å². The molecule has 1 N–H and O–H groups in total. The number of hydrogen-bond acceptors (Lipinski definition) is 5. The molecular weight excluding hydrogens is 432 g/mol. The van der Waals surface area contributed by atoms with Gasteiger partial charge in [-0.1, -0.05) is 24.6 Å². The van der Waals surface area contributed by atoms with Crippen LogP contribution in [0.25, 0.3) is 5.69 Å². The van der Waals surface area contributed by atoms with Crippen LogP contribution in [0.5, 0.6) is 0 Å². The summed E-state index contributed by atoms with van der Waals surface area (Å²) in [5, 5.41) is 2.92. The van der Waals surface area contributed by atoms with Crippen LogP contribution < -0.4 is 5.32 Å². The van der Waals surface area contributed by atoms with E-state index >= 15 is 0 Å². The lowest BCUT2D eigenvalue weighted by molar-refractivity contribution is 0.0954. The number of nitrogens with zero attached hydrogens (tertiary/aromatic N) is 3. The molecule has 4 rings (SSSR count). The zero-order valence-electron chi connectivity index (χ0n) is 18.0. The molecule has 0 radical (unpaired) electrons. The van der Waals surface area contributed by atoms with E-state index in [2.05, 4.69) is 47.0 Å². The number of benzene rings is 1. The highest BCUT2D eigenvalue weighted by molar-refractivity contribution is 7.17. The summed E-state index contributed by atoms with van der Waals surface area (Å²) in [5.41, 5.74) is 4.66. The van der Waals surface area contributed by atoms with Gasteiger partial charge in [0.2, 0.25) is 0 Å². The summed E-state index contributed by atoms with van der Waals surface area (Å²) in [5.74, 6) is 1.13. The Kier molecular flexibility index (Phi) is 6.77. The summed E-state index contributed by atoms with van der Waals surface area (Å²) >= 11 is 7.20. The molecule has 1 aromatic carbocycles. The Labute approximate surface area is 191 Å². The van der Waals surface area contributed by atoms with E-state index in [1.54, 1.807) is 19.2 Å². The first-order valence-corrected chi connectivity index (χ1v) is 11.6. The Hall–Kier alpha value is -2.19. The first-order valence-electron chi connectivity index (χ1n) is 10.4. The summed E-state index contributed by atoms with van der Waals surface area (Å²) in [6, 6.07) is 10.1. The van der Waals surface area contributed by atoms with Crippen molar-refractivity contribution in [2.45, 2.75) is 32.4 Å². The average molecular weight is 459 g/mol. The van der Waals surface area contributed by atoms with Gasteiger partial charge >= 0.3 is 0 Å². The second kappa shape index (κ2) is 9.53. The number of carbonyl (C=O) groups excluding carboxylic acids is 1. The quantitative estimate of drug-likeness (QED) is 0.599. The lowest BCUT2D eigenvalue weighted by Crippen LogP contribution is -2.22. The van der Waals surface area contributed by atoms with Crippen LogP contribution in [0.2, 0.25) is 4.34 Å². The van der Waals surface area contributed by atoms with Gasteiger partial charge in [-0.25, -0.2) is 4.98 Å². The summed E-state index contributed by atoms with van der Waals surface area (Å²) in [6.45, 7) is 5.14. The first-order chi connectivity index (χ1) is 14.9. The van der Waals surface area contributed by atoms with Gasteiger partial charge in [-0.2, -0.15) is 0 Å². The third kappa shape index (κ3) is 5.01. The molecule has 164 valence electrons. The monoisotopic (exact) mass is 458 g/mol. The first kappa shape index (κ1) is 22.0. The van der Waals surface area contributed by atoms with E-state index in [-0.39, 0.29) is 5.91 Å². The van der Waals surface area contributed by atoms with E-state index in [0.29, 0.717) is 28.3 Å². The lowest BCUT2D eigenvalue weighted by Gasteiger charge is -2.18. The fraction of sp³-hybridized carbons (Fsp3) is 0.391. The fourth-order valence-corrected chi connectivity index (χ4v) is 5.05. The zero-order valence-corrected chi connectivity index (χ0v) is 19.6. The number of imidazole rings is 1. The number of likely N-dealkylation sites (N-methyl/N-ethyl adjacent to an activating group) is 1. The number of rotatable bonds is 6. The maximum absolute atomic E-state index is 12.4. The smallest absolute Gasteiger partial charge is 0.261 e. The molecule has 1 amide bonds. The molecule has 0 fully saturated rings. The molecule has 1 unspecified atom stereocenters. The minimum absolute atomic E-state index is 0.150. The number of thiophene rings is 1. The highest BCUT2D eigenvalue weighted by Crippen LogP contribution is 2.28. The molecule has 0 bridgehead atoms. The van der Waals surface area contributed by atoms with Crippen LogP contribution in [-0.2, 0) is 24.3 Å². The van der Waals surface area contributed by atoms with Gasteiger partial charge in [0.25, 0.3) is 5.91 Å². The standard InChI is InChI=1S/C23H27ClN4O2S/c1-15-12-27(2)9-8-16-4-5-18(10-19(15)16)28-13-17(26-22(28)14-30-3)11-25-23(29)20-6-7-21(24)31-20/h4-7,10,13,15H,8-9,11-12,14H2,1-3H3,(H,25,29). The molecule has 0 aliphatic carbocycles. The molecule has 1 atom stereocenters. The summed E-state index contributed by atoms with van der Waals surface area (Å²) in [7, 11) is 3.84. The maximum Gasteiger partial charge on any atom is 0.261 e. The number of amides is 1. The molecular formula is C23H27ClN4O2S. The number of carbonyl (C=O) groups is 1. The second-order valence-corrected chi connectivity index (χ2v) is 9.75. The highest BCUT2D eigenvalue weighted by Gasteiger charge is 2.19. The third-order valence-corrected chi connectivity index (χ3v) is 6.85. The van der Waals surface area contributed by atoms with Crippen LogP contribution in [0.15, 0.2) is 36.5 Å². The molecule has 3 heterocycles. The van der Waals surface area contributed by atoms with Gasteiger partial charge in [-0.05, 0) is 54.8 Å². The van der Waals surface area contributed by atoms with Crippen molar-refractivity contribution in [2.24, 2.45) is 0 Å². The molecule has 2 aromatic heterocycles. The van der Waals surface area contributed by atoms with Crippen molar-refractivity contribution in [3.63, 3.8) is 0 Å². The Morgan fingerprint density at radius 1 is 1.35 bits per heavy atom. The predicted molar refractivity (Wildman–Crippen MR) is 124 cm³/mol. The molecule has 0 spiro atoms. The minimum Gasteiger partial charge on any atom is -0.377 e. The Morgan fingerprint density at radius 2 is 2.19 bits per heavy atom. The van der Waals surface area contributed by atoms with E-state index in [1.807, 2.05) is 6.20 Å². The Bertz CT molecular complexity index is 1080. The number of hydrogen-bond donors (Lipinski definition) is 1. The van der Waals surface area contributed by atoms with Crippen LogP contribution in [-0.4, -0.2) is 47.6 Å². The van der Waals surface area contributed by atoms with Gasteiger partial charge in [0, 0.05) is 32.1 Å². The van der Waals surface area contributed by atoms with Crippen molar-refractivity contribution in [2.75, 3.05) is 27.2 Å². The molecule has 8 heteroatoms. The number of nitrogens with one attached hydrogen (secondary N) is 1. The number of aromatic nitrogens is 2. The van der Waals surface area contributed by atoms with Gasteiger partial charge in [0.15, 0.2) is 0 Å². The van der Waals surface area contributed by atoms with Gasteiger partial charge in [0.05, 0.1) is 21.5 Å². The zero-order chi connectivity index (χ0) is 22.0. The van der Waals surface area contributed by atoms with E-state index in [9.17, 15) is 4.79 Å². The topological polar surface area (TPSA) is 59.4 Å². The fourth-order valence-electron chi connectivity index (χ4n) is 4.09. The van der Waals surface area contributed by atoms with Crippen molar-refractivity contribution in [3.8, 4) is 5.69 Å². The average Bonchev–Trinajstić information content (AvgIpc) is 3.33. The van der Waals surface area contributed by atoms with Crippen LogP contribution >= 0.6 is 22.9 Å². The number of methoxy groups -OCH3 is 1. The molecule has 6 nitrogen and oxygen atoms in total. The van der Waals surface area contributed by atoms with Crippen LogP contribution in [0.3, 0.4) is 0 Å². The van der Waals surface area contributed by atoms with Gasteiger partial charge in [0.1, 0.15) is 12.4 Å². The number of ether oxygens (including phenoxy) is 1. The summed E-state index contributed by atoms with van der Waals surface area (Å²) < 4.78 is 8.04. The Balaban J connectivity index is 1.57. The van der Waals surface area contributed by atoms with Crippen molar-refractivity contribution in [1.82, 2.24) is 19.8 Å². The largest absolute Gasteiger partial charge is 0.377 e. The molecule has 0 saturated heterocycles. The molecule has 1 aliphatic rings. The SMILES string of the molecule is COCc1nc(CNC(=O)c2ccc(Cl)s2)cn1-c1ccc2c(c1)C(C)CN(C)CC2. The van der Waals surface area contributed by atoms with Gasteiger partial charge in [-0.15, -0.1) is 11.3 Å². The van der Waals surface area contributed by atoms with Crippen LogP contribution in [0.1, 0.15) is 45.2 Å². The van der Waals surface area contributed by atoms with Crippen LogP contribution in [0, 0.1) is 0 Å². The molecule has 31 heavy (non-hydrogen) atoms. The Morgan fingerprint density at radius 3 is 2.94 bits per heavy atom. The normalized spacial score (nSPS) is 16.7. The third-order valence-electron chi connectivity index (χ3n) is 5.62. The highest BCUT2D eigenvalue weighted by atomic mass is 35.5. The molecule has 0 saturated carbocycles. The second-order valence-electron chi connectivity index (χ2n) is 8.03. The van der Waals surface area contributed by atoms with Crippen LogP contribution in [0.4, 0.5) is 0 Å². The number of halogens is 1. The van der Waals surface area contributed by atoms with Crippen molar-refractivity contribution in [3.05, 3.63) is 68.4 Å². The van der Waals surface area contributed by atoms with Crippen molar-refractivity contribution < 1.29 is 9.53 Å². The van der Waals surface area contributed by atoms with E-state index in [0.717, 1.165) is 36.7 Å². The predicted octanol–water partition coefficient (Wildman–Crippen LogP) is 4.26. The lowest BCUT2D eigenvalue weighted by atomic mass is 9.94. The molecule has 1 aliphatic heterocycles. The van der Waals surface area contributed by atoms with Crippen molar-refractivity contribution in [1.29, 1.82) is 0 Å². The van der Waals surface area contributed by atoms with Gasteiger partial charge < -0.3 is 19.5 Å².